The molecule has 5 nitrogen and oxygen atoms in total. The van der Waals surface area contributed by atoms with Crippen molar-refractivity contribution in [3.05, 3.63) is 41.5 Å². The number of aliphatic hydroxyl groups is 1. The van der Waals surface area contributed by atoms with Crippen molar-refractivity contribution in [1.29, 1.82) is 0 Å². The lowest BCUT2D eigenvalue weighted by atomic mass is 10.0. The Hall–Kier alpha value is -2.27. The zero-order valence-electron chi connectivity index (χ0n) is 13.1. The van der Waals surface area contributed by atoms with Gasteiger partial charge in [-0.1, -0.05) is 24.3 Å². The van der Waals surface area contributed by atoms with Crippen LogP contribution >= 0.6 is 0 Å². The van der Waals surface area contributed by atoms with E-state index in [1.807, 2.05) is 6.08 Å². The highest BCUT2D eigenvalue weighted by atomic mass is 16.5. The van der Waals surface area contributed by atoms with Crippen LogP contribution in [0.4, 0.5) is 0 Å². The summed E-state index contributed by atoms with van der Waals surface area (Å²) < 4.78 is 5.33. The molecule has 2 rings (SSSR count). The number of esters is 1. The lowest BCUT2D eigenvalue weighted by Gasteiger charge is -2.15. The van der Waals surface area contributed by atoms with Crippen molar-refractivity contribution in [2.24, 2.45) is 0 Å². The number of hydrogen-bond acceptors (Lipinski definition) is 5. The van der Waals surface area contributed by atoms with Gasteiger partial charge in [0.2, 0.25) is 0 Å². The number of ether oxygens (including phenoxy) is 1. The van der Waals surface area contributed by atoms with E-state index in [4.69, 9.17) is 4.74 Å². The second kappa shape index (κ2) is 7.83. The van der Waals surface area contributed by atoms with Crippen LogP contribution in [-0.2, 0) is 4.74 Å². The number of aliphatic hydroxyl groups excluding tert-OH is 1. The normalized spacial score (nSPS) is 25.7. The Labute approximate surface area is 135 Å². The van der Waals surface area contributed by atoms with Crippen molar-refractivity contribution in [1.82, 2.24) is 0 Å². The van der Waals surface area contributed by atoms with Crippen molar-refractivity contribution in [3.8, 4) is 11.5 Å². The summed E-state index contributed by atoms with van der Waals surface area (Å²) >= 11 is 0. The van der Waals surface area contributed by atoms with Crippen LogP contribution in [0.2, 0.25) is 0 Å². The first-order chi connectivity index (χ1) is 11.0. The maximum atomic E-state index is 12.3. The minimum Gasteiger partial charge on any atom is -0.508 e. The number of carbonyl (C=O) groups is 1. The van der Waals surface area contributed by atoms with Gasteiger partial charge in [0, 0.05) is 12.5 Å². The molecule has 0 saturated carbocycles. The second-order valence-corrected chi connectivity index (χ2v) is 5.71. The van der Waals surface area contributed by atoms with E-state index in [1.54, 1.807) is 25.2 Å². The van der Waals surface area contributed by atoms with Crippen LogP contribution in [0.5, 0.6) is 11.5 Å². The molecule has 0 fully saturated rings. The zero-order valence-corrected chi connectivity index (χ0v) is 13.1. The van der Waals surface area contributed by atoms with Gasteiger partial charge >= 0.3 is 5.97 Å². The third-order valence-corrected chi connectivity index (χ3v) is 3.64. The third-order valence-electron chi connectivity index (χ3n) is 3.64. The average molecular weight is 318 g/mol. The summed E-state index contributed by atoms with van der Waals surface area (Å²) in [5.41, 5.74) is 0.458. The number of benzene rings is 1. The molecule has 0 radical (unpaired) electrons. The standard InChI is InChI=1S/C18H22O5/c1-12-6-5-9-14(19)8-4-2-3-7-13-10-15(20)11-16(21)17(13)18(22)23-12/h3,5,7,9-12,14,19-21H,2,4,6,8H2,1H3/b7-3+,9-5+. The van der Waals surface area contributed by atoms with E-state index in [-0.39, 0.29) is 23.2 Å². The van der Waals surface area contributed by atoms with Gasteiger partial charge in [-0.25, -0.2) is 4.79 Å². The van der Waals surface area contributed by atoms with Gasteiger partial charge in [-0.15, -0.1) is 0 Å². The number of aromatic hydroxyl groups is 2. The van der Waals surface area contributed by atoms with Gasteiger partial charge in [-0.05, 0) is 37.8 Å². The van der Waals surface area contributed by atoms with E-state index in [1.165, 1.54) is 6.07 Å². The van der Waals surface area contributed by atoms with Gasteiger partial charge < -0.3 is 20.1 Å². The molecule has 124 valence electrons. The first-order valence-electron chi connectivity index (χ1n) is 7.75. The van der Waals surface area contributed by atoms with Gasteiger partial charge in [0.1, 0.15) is 23.2 Å². The molecule has 0 spiro atoms. The first kappa shape index (κ1) is 17.1. The molecular formula is C18H22O5. The summed E-state index contributed by atoms with van der Waals surface area (Å²) in [7, 11) is 0. The van der Waals surface area contributed by atoms with Crippen molar-refractivity contribution in [3.63, 3.8) is 0 Å². The van der Waals surface area contributed by atoms with Gasteiger partial charge in [0.15, 0.2) is 0 Å². The average Bonchev–Trinajstić information content (AvgIpc) is 2.45. The summed E-state index contributed by atoms with van der Waals surface area (Å²) in [5.74, 6) is -1.06. The summed E-state index contributed by atoms with van der Waals surface area (Å²) in [6, 6.07) is 2.54. The van der Waals surface area contributed by atoms with Crippen molar-refractivity contribution >= 4 is 12.0 Å². The summed E-state index contributed by atoms with van der Waals surface area (Å²) in [4.78, 5) is 12.3. The molecule has 0 aromatic heterocycles. The SMILES string of the molecule is CC1C/C=C/C(O)CCC/C=C/c2cc(O)cc(O)c2C(=O)O1. The predicted octanol–water partition coefficient (Wildman–Crippen LogP) is 3.15. The fraction of sp³-hybridized carbons (Fsp3) is 0.389. The first-order valence-corrected chi connectivity index (χ1v) is 7.75. The molecule has 5 heteroatoms. The summed E-state index contributed by atoms with van der Waals surface area (Å²) in [6.45, 7) is 1.74. The van der Waals surface area contributed by atoms with Gasteiger partial charge in [0.25, 0.3) is 0 Å². The molecule has 1 aromatic carbocycles. The molecule has 1 aliphatic rings. The minimum atomic E-state index is -0.638. The monoisotopic (exact) mass is 318 g/mol. The molecule has 23 heavy (non-hydrogen) atoms. The maximum absolute atomic E-state index is 12.3. The molecule has 0 aliphatic carbocycles. The zero-order chi connectivity index (χ0) is 16.8. The fourth-order valence-electron chi connectivity index (χ4n) is 2.46. The number of phenols is 2. The van der Waals surface area contributed by atoms with Gasteiger partial charge in [-0.3, -0.25) is 0 Å². The van der Waals surface area contributed by atoms with Crippen molar-refractivity contribution in [2.75, 3.05) is 0 Å². The van der Waals surface area contributed by atoms with Crippen molar-refractivity contribution < 1.29 is 24.9 Å². The number of rotatable bonds is 0. The number of hydrogen-bond donors (Lipinski definition) is 3. The second-order valence-electron chi connectivity index (χ2n) is 5.71. The molecule has 0 saturated heterocycles. The predicted molar refractivity (Wildman–Crippen MR) is 87.3 cm³/mol. The van der Waals surface area contributed by atoms with Crippen LogP contribution in [0.15, 0.2) is 30.4 Å². The summed E-state index contributed by atoms with van der Waals surface area (Å²) in [6.07, 6.45) is 8.76. The van der Waals surface area contributed by atoms with Crippen LogP contribution in [0.3, 0.4) is 0 Å². The molecule has 2 unspecified atom stereocenters. The van der Waals surface area contributed by atoms with Gasteiger partial charge in [-0.2, -0.15) is 0 Å². The van der Waals surface area contributed by atoms with Crippen LogP contribution in [0.1, 0.15) is 48.5 Å². The van der Waals surface area contributed by atoms with E-state index in [2.05, 4.69) is 0 Å². The lowest BCUT2D eigenvalue weighted by Crippen LogP contribution is -2.16. The summed E-state index contributed by atoms with van der Waals surface area (Å²) in [5, 5.41) is 29.4. The smallest absolute Gasteiger partial charge is 0.342 e. The Morgan fingerprint density at radius 3 is 2.78 bits per heavy atom. The minimum absolute atomic E-state index is 0.0481. The largest absolute Gasteiger partial charge is 0.508 e. The molecule has 1 aromatic rings. The van der Waals surface area contributed by atoms with E-state index in [9.17, 15) is 20.1 Å². The highest BCUT2D eigenvalue weighted by Gasteiger charge is 2.20. The highest BCUT2D eigenvalue weighted by molar-refractivity contribution is 5.97. The van der Waals surface area contributed by atoms with Crippen LogP contribution in [0.25, 0.3) is 6.08 Å². The maximum Gasteiger partial charge on any atom is 0.342 e. The Bertz CT molecular complexity index is 618. The fourth-order valence-corrected chi connectivity index (χ4v) is 2.46. The molecule has 0 bridgehead atoms. The van der Waals surface area contributed by atoms with E-state index < -0.39 is 12.1 Å². The van der Waals surface area contributed by atoms with Crippen LogP contribution in [0, 0.1) is 0 Å². The Morgan fingerprint density at radius 2 is 2.00 bits per heavy atom. The van der Waals surface area contributed by atoms with E-state index >= 15 is 0 Å². The van der Waals surface area contributed by atoms with E-state index in [0.717, 1.165) is 12.5 Å². The van der Waals surface area contributed by atoms with Crippen molar-refractivity contribution in [2.45, 2.75) is 44.8 Å². The number of fused-ring (bicyclic) bond motifs is 1. The Morgan fingerprint density at radius 1 is 1.22 bits per heavy atom. The molecular weight excluding hydrogens is 296 g/mol. The molecule has 1 aliphatic heterocycles. The quantitative estimate of drug-likeness (QED) is 0.505. The number of allylic oxidation sites excluding steroid dienone is 1. The van der Waals surface area contributed by atoms with E-state index in [0.29, 0.717) is 24.8 Å². The number of cyclic esters (lactones) is 1. The Kier molecular flexibility index (Phi) is 5.82. The highest BCUT2D eigenvalue weighted by Crippen LogP contribution is 2.29. The topological polar surface area (TPSA) is 87.0 Å². The lowest BCUT2D eigenvalue weighted by molar-refractivity contribution is 0.0344. The molecule has 1 heterocycles. The third kappa shape index (κ3) is 4.86. The number of phenolic OH excluding ortho intramolecular Hbond substituents is 2. The van der Waals surface area contributed by atoms with Crippen LogP contribution < -0.4 is 0 Å². The molecule has 3 N–H and O–H groups in total. The van der Waals surface area contributed by atoms with Crippen LogP contribution in [-0.4, -0.2) is 33.5 Å². The molecule has 2 atom stereocenters. The number of carbonyl (C=O) groups excluding carboxylic acids is 1. The van der Waals surface area contributed by atoms with Gasteiger partial charge in [0.05, 0.1) is 6.10 Å². The Balaban J connectivity index is 2.34. The molecule has 0 amide bonds.